The molecule has 114 valence electrons. The Labute approximate surface area is 119 Å². The first-order chi connectivity index (χ1) is 9.20. The first-order valence-electron chi connectivity index (χ1n) is 8.14. The normalized spacial score (nSPS) is 11.1. The van der Waals surface area contributed by atoms with E-state index in [0.717, 1.165) is 19.6 Å². The summed E-state index contributed by atoms with van der Waals surface area (Å²) in [5.41, 5.74) is 0. The minimum atomic E-state index is -0.676. The van der Waals surface area contributed by atoms with Crippen LogP contribution in [0.5, 0.6) is 0 Å². The Bertz CT molecular complexity index is 207. The first-order valence-corrected chi connectivity index (χ1v) is 8.14. The van der Waals surface area contributed by atoms with Crippen LogP contribution in [0.2, 0.25) is 0 Å². The van der Waals surface area contributed by atoms with E-state index in [4.69, 9.17) is 5.11 Å². The van der Waals surface area contributed by atoms with Crippen molar-refractivity contribution in [2.45, 2.75) is 78.1 Å². The summed E-state index contributed by atoms with van der Waals surface area (Å²) in [7, 11) is 0. The van der Waals surface area contributed by atoms with Crippen molar-refractivity contribution in [2.75, 3.05) is 19.6 Å². The van der Waals surface area contributed by atoms with E-state index in [9.17, 15) is 4.79 Å². The fraction of sp³-hybridized carbons (Fsp3) is 0.938. The van der Waals surface area contributed by atoms with Gasteiger partial charge in [-0.25, -0.2) is 0 Å². The predicted octanol–water partition coefficient (Wildman–Crippen LogP) is 4.31. The number of nitrogens with zero attached hydrogens (tertiary/aromatic N) is 1. The molecule has 0 aromatic rings. The summed E-state index contributed by atoms with van der Waals surface area (Å²) in [6, 6.07) is 0. The second-order valence-electron chi connectivity index (χ2n) is 5.46. The molecule has 0 amide bonds. The molecule has 0 aliphatic carbocycles. The highest BCUT2D eigenvalue weighted by molar-refractivity contribution is 5.66. The van der Waals surface area contributed by atoms with Crippen molar-refractivity contribution in [3.05, 3.63) is 0 Å². The minimum Gasteiger partial charge on any atom is -0.481 e. The molecule has 3 heteroatoms. The summed E-state index contributed by atoms with van der Waals surface area (Å²) < 4.78 is 0. The lowest BCUT2D eigenvalue weighted by Gasteiger charge is -2.21. The van der Waals surface area contributed by atoms with Gasteiger partial charge in [0.2, 0.25) is 0 Å². The molecule has 19 heavy (non-hydrogen) atoms. The Morgan fingerprint density at radius 3 is 1.74 bits per heavy atom. The van der Waals surface area contributed by atoms with Gasteiger partial charge in [0, 0.05) is 6.54 Å². The number of aliphatic carboxylic acids is 1. The van der Waals surface area contributed by atoms with Gasteiger partial charge in [-0.1, -0.05) is 58.8 Å². The van der Waals surface area contributed by atoms with Gasteiger partial charge in [-0.15, -0.1) is 0 Å². The molecular formula is C16H33NO2. The second kappa shape index (κ2) is 13.9. The van der Waals surface area contributed by atoms with Crippen LogP contribution < -0.4 is 0 Å². The summed E-state index contributed by atoms with van der Waals surface area (Å²) in [4.78, 5) is 13.0. The fourth-order valence-corrected chi connectivity index (χ4v) is 2.29. The molecule has 0 fully saturated rings. The zero-order chi connectivity index (χ0) is 14.3. The lowest BCUT2D eigenvalue weighted by Crippen LogP contribution is -2.28. The van der Waals surface area contributed by atoms with Gasteiger partial charge in [-0.3, -0.25) is 4.79 Å². The van der Waals surface area contributed by atoms with Crippen molar-refractivity contribution >= 4 is 5.97 Å². The van der Waals surface area contributed by atoms with E-state index in [-0.39, 0.29) is 6.42 Å². The van der Waals surface area contributed by atoms with E-state index in [2.05, 4.69) is 18.7 Å². The Morgan fingerprint density at radius 1 is 0.789 bits per heavy atom. The van der Waals surface area contributed by atoms with Crippen molar-refractivity contribution in [2.24, 2.45) is 0 Å². The van der Waals surface area contributed by atoms with Crippen molar-refractivity contribution < 1.29 is 9.90 Å². The maximum Gasteiger partial charge on any atom is 0.304 e. The molecular weight excluding hydrogens is 238 g/mol. The van der Waals surface area contributed by atoms with Crippen LogP contribution in [0.25, 0.3) is 0 Å². The van der Waals surface area contributed by atoms with Gasteiger partial charge >= 0.3 is 5.97 Å². The summed E-state index contributed by atoms with van der Waals surface area (Å²) in [6.07, 6.45) is 11.7. The lowest BCUT2D eigenvalue weighted by atomic mass is 10.1. The largest absolute Gasteiger partial charge is 0.481 e. The van der Waals surface area contributed by atoms with Crippen LogP contribution in [0, 0.1) is 0 Å². The standard InChI is InChI=1S/C16H33NO2/c1-3-5-7-9-11-14-17(15-12-16(18)19)13-10-8-6-4-2/h3-15H2,1-2H3,(H,18,19). The SMILES string of the molecule is CCCCCCCN(CCCCCC)CCC(=O)O. The zero-order valence-electron chi connectivity index (χ0n) is 13.0. The van der Waals surface area contributed by atoms with Gasteiger partial charge in [0.25, 0.3) is 0 Å². The quantitative estimate of drug-likeness (QED) is 0.478. The molecule has 0 radical (unpaired) electrons. The summed E-state index contributed by atoms with van der Waals surface area (Å²) in [6.45, 7) is 7.31. The van der Waals surface area contributed by atoms with Gasteiger partial charge in [0.15, 0.2) is 0 Å². The van der Waals surface area contributed by atoms with Crippen LogP contribution >= 0.6 is 0 Å². The average molecular weight is 271 g/mol. The number of carboxylic acids is 1. The molecule has 0 spiro atoms. The number of rotatable bonds is 14. The smallest absolute Gasteiger partial charge is 0.304 e. The highest BCUT2D eigenvalue weighted by atomic mass is 16.4. The molecule has 0 aliphatic heterocycles. The predicted molar refractivity (Wildman–Crippen MR) is 81.6 cm³/mol. The average Bonchev–Trinajstić information content (AvgIpc) is 2.39. The molecule has 0 saturated carbocycles. The van der Waals surface area contributed by atoms with E-state index in [1.165, 1.54) is 57.8 Å². The molecule has 0 bridgehead atoms. The van der Waals surface area contributed by atoms with E-state index in [1.807, 2.05) is 0 Å². The summed E-state index contributed by atoms with van der Waals surface area (Å²) in [5, 5.41) is 8.79. The first kappa shape index (κ1) is 18.4. The van der Waals surface area contributed by atoms with Crippen LogP contribution in [0.3, 0.4) is 0 Å². The molecule has 0 aromatic heterocycles. The minimum absolute atomic E-state index is 0.280. The molecule has 0 rings (SSSR count). The van der Waals surface area contributed by atoms with Gasteiger partial charge < -0.3 is 10.0 Å². The number of carboxylic acid groups (broad SMARTS) is 1. The van der Waals surface area contributed by atoms with Crippen molar-refractivity contribution in [1.82, 2.24) is 4.90 Å². The van der Waals surface area contributed by atoms with Crippen LogP contribution in [0.4, 0.5) is 0 Å². The number of hydrogen-bond donors (Lipinski definition) is 1. The number of carbonyl (C=O) groups is 1. The second-order valence-corrected chi connectivity index (χ2v) is 5.46. The molecule has 0 unspecified atom stereocenters. The third-order valence-electron chi connectivity index (χ3n) is 3.55. The lowest BCUT2D eigenvalue weighted by molar-refractivity contribution is -0.137. The Kier molecular flexibility index (Phi) is 13.4. The maximum atomic E-state index is 10.7. The molecule has 0 saturated heterocycles. The maximum absolute atomic E-state index is 10.7. The van der Waals surface area contributed by atoms with E-state index in [1.54, 1.807) is 0 Å². The third kappa shape index (κ3) is 13.7. The van der Waals surface area contributed by atoms with Crippen molar-refractivity contribution in [3.63, 3.8) is 0 Å². The van der Waals surface area contributed by atoms with Crippen LogP contribution in [-0.2, 0) is 4.79 Å². The van der Waals surface area contributed by atoms with Gasteiger partial charge in [0.05, 0.1) is 6.42 Å². The van der Waals surface area contributed by atoms with Crippen LogP contribution in [-0.4, -0.2) is 35.6 Å². The molecule has 3 nitrogen and oxygen atoms in total. The van der Waals surface area contributed by atoms with Crippen LogP contribution in [0.15, 0.2) is 0 Å². The van der Waals surface area contributed by atoms with Crippen LogP contribution in [0.1, 0.15) is 78.1 Å². The number of hydrogen-bond acceptors (Lipinski definition) is 2. The Balaban J connectivity index is 3.72. The van der Waals surface area contributed by atoms with Gasteiger partial charge in [-0.2, -0.15) is 0 Å². The fourth-order valence-electron chi connectivity index (χ4n) is 2.29. The monoisotopic (exact) mass is 271 g/mol. The zero-order valence-corrected chi connectivity index (χ0v) is 13.0. The highest BCUT2D eigenvalue weighted by Gasteiger charge is 2.07. The molecule has 0 heterocycles. The Hall–Kier alpha value is -0.570. The van der Waals surface area contributed by atoms with E-state index in [0.29, 0.717) is 0 Å². The highest BCUT2D eigenvalue weighted by Crippen LogP contribution is 2.07. The summed E-state index contributed by atoms with van der Waals surface area (Å²) in [5.74, 6) is -0.676. The topological polar surface area (TPSA) is 40.5 Å². The third-order valence-corrected chi connectivity index (χ3v) is 3.55. The molecule has 1 N–H and O–H groups in total. The number of unbranched alkanes of at least 4 members (excludes halogenated alkanes) is 7. The Morgan fingerprint density at radius 2 is 1.26 bits per heavy atom. The van der Waals surface area contributed by atoms with Crippen molar-refractivity contribution in [1.29, 1.82) is 0 Å². The molecule has 0 aliphatic rings. The van der Waals surface area contributed by atoms with E-state index < -0.39 is 5.97 Å². The summed E-state index contributed by atoms with van der Waals surface area (Å²) >= 11 is 0. The molecule has 0 aromatic carbocycles. The van der Waals surface area contributed by atoms with E-state index >= 15 is 0 Å². The van der Waals surface area contributed by atoms with Crippen molar-refractivity contribution in [3.8, 4) is 0 Å². The van der Waals surface area contributed by atoms with Gasteiger partial charge in [0.1, 0.15) is 0 Å². The van der Waals surface area contributed by atoms with Gasteiger partial charge in [-0.05, 0) is 25.9 Å². The molecule has 0 atom stereocenters.